The lowest BCUT2D eigenvalue weighted by molar-refractivity contribution is -0.176. The molecule has 0 aliphatic carbocycles. The molecule has 1 aliphatic rings. The largest absolute Gasteiger partial charge is 0.462 e. The summed E-state index contributed by atoms with van der Waals surface area (Å²) < 4.78 is 66.4. The van der Waals surface area contributed by atoms with Gasteiger partial charge in [0.15, 0.2) is 12.1 Å². The number of aliphatic hydroxyl groups is 2. The van der Waals surface area contributed by atoms with Gasteiger partial charge in [0.05, 0.1) is 19.8 Å². The molecule has 5 atom stereocenters. The number of aliphatic hydroxyl groups excluding tert-OH is 2. The van der Waals surface area contributed by atoms with Gasteiger partial charge >= 0.3 is 43.4 Å². The number of unbranched alkanes of at least 4 members (excludes halogenated alkanes) is 40. The second-order valence-electron chi connectivity index (χ2n) is 30.0. The fourth-order valence-electron chi connectivity index (χ4n) is 13.8. The van der Waals surface area contributed by atoms with Gasteiger partial charge in [-0.3, -0.25) is 43.0 Å². The molecule has 2 N–H and O–H groups in total. The van der Waals surface area contributed by atoms with Crippen molar-refractivity contribution in [1.82, 2.24) is 4.90 Å². The molecule has 3 unspecified atom stereocenters. The third-order valence-corrected chi connectivity index (χ3v) is 22.8. The number of esters is 6. The number of amides is 2. The Morgan fingerprint density at radius 1 is 0.398 bits per heavy atom. The van der Waals surface area contributed by atoms with E-state index in [1.54, 1.807) is 60.7 Å². The smallest absolute Gasteiger partial charge is 0.351 e. The molecule has 2 amide bonds. The standard InChI is InChI=1S/C87H144NO19P/c1-5-9-13-17-21-25-29-33-37-41-51-59-80(93)100-70-76(106-82(95)61-53-43-39-35-31-27-23-19-15-11-7-3)65-87(86(98)103-69-75(90)66-89,108(99,104-67-73-55-47-45-48-56-73)105-68-74-57-49-46-50-58-74)84(88-78(91)63-64-79(88)92)85(97)102-72-77(107-83(96)62-54-44-40-36-32-28-24-20-16-12-8-4)71-101-81(94)60-52-42-38-34-30-26-22-18-14-10-6-2/h45-50,55-58,75-77,84,89-90H,5-44,51-54,59-72H2,1-4H3/t75?,76-,77+,84?,87?/m0/s1. The van der Waals surface area contributed by atoms with E-state index in [0.29, 0.717) is 48.1 Å². The van der Waals surface area contributed by atoms with Crippen molar-refractivity contribution in [1.29, 1.82) is 0 Å². The Hall–Kier alpha value is -5.53. The Balaban J connectivity index is 2.24. The molecule has 1 heterocycles. The molecule has 2 aromatic rings. The van der Waals surface area contributed by atoms with E-state index in [9.17, 15) is 39.0 Å². The van der Waals surface area contributed by atoms with Crippen LogP contribution in [0.15, 0.2) is 60.7 Å². The predicted octanol–water partition coefficient (Wildman–Crippen LogP) is 20.4. The number of imide groups is 1. The van der Waals surface area contributed by atoms with Gasteiger partial charge in [-0.15, -0.1) is 0 Å². The number of hydrogen-bond donors (Lipinski definition) is 2. The van der Waals surface area contributed by atoms with E-state index in [2.05, 4.69) is 27.7 Å². The Labute approximate surface area is 650 Å². The van der Waals surface area contributed by atoms with Crippen LogP contribution in [0.2, 0.25) is 0 Å². The molecule has 21 heteroatoms. The number of nitrogens with zero attached hydrogens (tertiary/aromatic N) is 1. The maximum absolute atomic E-state index is 17.4. The summed E-state index contributed by atoms with van der Waals surface area (Å²) in [4.78, 5) is 118. The number of benzene rings is 2. The molecule has 0 bridgehead atoms. The fourth-order valence-corrected chi connectivity index (χ4v) is 16.2. The Kier molecular flexibility index (Phi) is 56.4. The minimum absolute atomic E-state index is 0.0356. The predicted molar refractivity (Wildman–Crippen MR) is 423 cm³/mol. The van der Waals surface area contributed by atoms with Gasteiger partial charge < -0.3 is 47.7 Å². The first-order valence-electron chi connectivity index (χ1n) is 42.7. The van der Waals surface area contributed by atoms with Crippen LogP contribution < -0.4 is 0 Å². The second-order valence-corrected chi connectivity index (χ2v) is 32.3. The minimum Gasteiger partial charge on any atom is -0.462 e. The number of rotatable bonds is 72. The molecule has 616 valence electrons. The summed E-state index contributed by atoms with van der Waals surface area (Å²) in [5.41, 5.74) is 0.738. The van der Waals surface area contributed by atoms with Crippen molar-refractivity contribution in [3.8, 4) is 0 Å². The molecule has 0 aromatic heterocycles. The van der Waals surface area contributed by atoms with Gasteiger partial charge in [0, 0.05) is 44.9 Å². The lowest BCUT2D eigenvalue weighted by Gasteiger charge is -2.44. The van der Waals surface area contributed by atoms with Crippen LogP contribution in [0.3, 0.4) is 0 Å². The Bertz CT molecular complexity index is 2670. The van der Waals surface area contributed by atoms with Gasteiger partial charge in [0.2, 0.25) is 17.0 Å². The van der Waals surface area contributed by atoms with E-state index in [4.69, 9.17) is 37.5 Å². The van der Waals surface area contributed by atoms with E-state index in [1.165, 1.54) is 122 Å². The highest BCUT2D eigenvalue weighted by Gasteiger charge is 2.70. The van der Waals surface area contributed by atoms with Crippen molar-refractivity contribution in [3.05, 3.63) is 71.8 Å². The van der Waals surface area contributed by atoms with Gasteiger partial charge in [0.1, 0.15) is 38.6 Å². The average Bonchev–Trinajstić information content (AvgIpc) is 1.05. The zero-order chi connectivity index (χ0) is 78.4. The van der Waals surface area contributed by atoms with Crippen LogP contribution in [0.1, 0.15) is 366 Å². The fraction of sp³-hybridized carbons (Fsp3) is 0.770. The van der Waals surface area contributed by atoms with Crippen molar-refractivity contribution in [2.45, 2.75) is 398 Å². The molecule has 2 aromatic carbocycles. The van der Waals surface area contributed by atoms with E-state index in [1.807, 2.05) is 0 Å². The van der Waals surface area contributed by atoms with Crippen LogP contribution in [0.5, 0.6) is 0 Å². The number of carbonyl (C=O) groups excluding carboxylic acids is 8. The molecular formula is C87H144NO19P. The number of likely N-dealkylation sites (tertiary alicyclic amines) is 1. The highest BCUT2D eigenvalue weighted by atomic mass is 31.2. The molecule has 108 heavy (non-hydrogen) atoms. The van der Waals surface area contributed by atoms with Gasteiger partial charge in [-0.25, -0.2) is 4.79 Å². The topological polar surface area (TPSA) is 271 Å². The van der Waals surface area contributed by atoms with E-state index < -0.39 is 150 Å². The third-order valence-electron chi connectivity index (χ3n) is 20.3. The van der Waals surface area contributed by atoms with Gasteiger partial charge in [-0.05, 0) is 36.8 Å². The highest BCUT2D eigenvalue weighted by Crippen LogP contribution is 2.66. The van der Waals surface area contributed by atoms with Crippen LogP contribution in [0.4, 0.5) is 0 Å². The summed E-state index contributed by atoms with van der Waals surface area (Å²) in [5.74, 6) is -8.21. The van der Waals surface area contributed by atoms with Crippen molar-refractivity contribution >= 4 is 55.2 Å². The quantitative estimate of drug-likeness (QED) is 0.0205. The van der Waals surface area contributed by atoms with Crippen LogP contribution in [0, 0.1) is 0 Å². The summed E-state index contributed by atoms with van der Waals surface area (Å²) in [7, 11) is -5.77. The summed E-state index contributed by atoms with van der Waals surface area (Å²) >= 11 is 0. The van der Waals surface area contributed by atoms with E-state index in [0.717, 1.165) is 128 Å². The average molecular weight is 1540 g/mol. The van der Waals surface area contributed by atoms with Crippen LogP contribution >= 0.6 is 7.60 Å². The highest BCUT2D eigenvalue weighted by molar-refractivity contribution is 7.57. The molecule has 1 aliphatic heterocycles. The van der Waals surface area contributed by atoms with Crippen LogP contribution in [-0.2, 0) is 93.6 Å². The summed E-state index contributed by atoms with van der Waals surface area (Å²) in [6.07, 6.45) is 37.7. The molecule has 0 radical (unpaired) electrons. The molecule has 1 fully saturated rings. The monoisotopic (exact) mass is 1540 g/mol. The van der Waals surface area contributed by atoms with Crippen molar-refractivity contribution in [3.63, 3.8) is 0 Å². The van der Waals surface area contributed by atoms with Gasteiger partial charge in [0.25, 0.3) is 0 Å². The molecular weight excluding hydrogens is 1390 g/mol. The summed E-state index contributed by atoms with van der Waals surface area (Å²) in [6, 6.07) is 13.9. The summed E-state index contributed by atoms with van der Waals surface area (Å²) in [6.45, 7) is 3.21. The van der Waals surface area contributed by atoms with Gasteiger partial charge in [-0.1, -0.05) is 345 Å². The normalized spacial score (nSPS) is 14.1. The number of ether oxygens (including phenoxy) is 6. The molecule has 20 nitrogen and oxygen atoms in total. The van der Waals surface area contributed by atoms with Crippen LogP contribution in [0.25, 0.3) is 0 Å². The zero-order valence-corrected chi connectivity index (χ0v) is 68.2. The maximum Gasteiger partial charge on any atom is 0.351 e. The first kappa shape index (κ1) is 96.7. The molecule has 0 spiro atoms. The Morgan fingerprint density at radius 2 is 0.694 bits per heavy atom. The zero-order valence-electron chi connectivity index (χ0n) is 67.3. The number of hydrogen-bond acceptors (Lipinski definition) is 19. The van der Waals surface area contributed by atoms with Crippen LogP contribution in [-0.4, -0.2) is 125 Å². The van der Waals surface area contributed by atoms with E-state index >= 15 is 14.2 Å². The third kappa shape index (κ3) is 43.3. The van der Waals surface area contributed by atoms with Crippen molar-refractivity contribution in [2.24, 2.45) is 0 Å². The Morgan fingerprint density at radius 3 is 1.03 bits per heavy atom. The minimum atomic E-state index is -5.77. The van der Waals surface area contributed by atoms with Crippen molar-refractivity contribution < 1.29 is 90.6 Å². The molecule has 1 saturated heterocycles. The number of carbonyl (C=O) groups is 8. The van der Waals surface area contributed by atoms with Gasteiger partial charge in [-0.2, -0.15) is 0 Å². The summed E-state index contributed by atoms with van der Waals surface area (Å²) in [5, 5.41) is 17.7. The first-order chi connectivity index (χ1) is 52.6. The lowest BCUT2D eigenvalue weighted by atomic mass is 9.90. The molecule has 0 saturated carbocycles. The SMILES string of the molecule is CCCCCCCCCCCCCC(=O)OC[C@H](COC(=O)C(N1C(=O)CCC1=O)C(C[C@@H](COC(=O)CCCCCCCCCCCCC)OC(=O)CCCCCCCCCCCCC)(C(=O)OCC(O)CO)P(=O)(OCc1ccccc1)OCc1ccccc1)OC(=O)CCCCCCCCCCCCC. The molecule has 3 rings (SSSR count). The van der Waals surface area contributed by atoms with Crippen molar-refractivity contribution in [2.75, 3.05) is 33.0 Å². The lowest BCUT2D eigenvalue weighted by Crippen LogP contribution is -2.65. The first-order valence-corrected chi connectivity index (χ1v) is 44.3. The second kappa shape index (κ2) is 63.0. The van der Waals surface area contributed by atoms with E-state index in [-0.39, 0.29) is 25.7 Å². The maximum atomic E-state index is 17.4.